The van der Waals surface area contributed by atoms with Gasteiger partial charge in [-0.2, -0.15) is 14.7 Å². The van der Waals surface area contributed by atoms with E-state index in [1.165, 1.54) is 0 Å². The number of piperidine rings is 1. The Balaban J connectivity index is 1.69. The van der Waals surface area contributed by atoms with E-state index in [1.54, 1.807) is 11.8 Å². The molecule has 7 nitrogen and oxygen atoms in total. The topological polar surface area (TPSA) is 97.7 Å². The predicted octanol–water partition coefficient (Wildman–Crippen LogP) is 2.77. The van der Waals surface area contributed by atoms with Crippen LogP contribution in [-0.2, 0) is 0 Å². The van der Waals surface area contributed by atoms with Crippen molar-refractivity contribution in [2.75, 3.05) is 18.4 Å². The second-order valence-corrected chi connectivity index (χ2v) is 6.55. The first-order valence-corrected chi connectivity index (χ1v) is 8.30. The summed E-state index contributed by atoms with van der Waals surface area (Å²) in [6.07, 6.45) is 1.97. The summed E-state index contributed by atoms with van der Waals surface area (Å²) in [6.45, 7) is 5.09. The summed E-state index contributed by atoms with van der Waals surface area (Å²) in [5, 5.41) is 19.8. The molecule has 1 saturated heterocycles. The van der Waals surface area contributed by atoms with Crippen LogP contribution in [0.2, 0.25) is 0 Å². The van der Waals surface area contributed by atoms with E-state index >= 15 is 0 Å². The number of nitrogens with zero attached hydrogens (tertiary/aromatic N) is 4. The van der Waals surface area contributed by atoms with Crippen molar-refractivity contribution in [3.8, 4) is 6.07 Å². The van der Waals surface area contributed by atoms with Crippen molar-refractivity contribution in [3.63, 3.8) is 0 Å². The average molecular weight is 330 g/mol. The highest BCUT2D eigenvalue weighted by Crippen LogP contribution is 2.28. The number of aryl methyl sites for hydroxylation is 2. The van der Waals surface area contributed by atoms with Crippen molar-refractivity contribution < 1.29 is 4.79 Å². The maximum Gasteiger partial charge on any atom is 0.322 e. The highest BCUT2D eigenvalue weighted by atomic mass is 32.1. The van der Waals surface area contributed by atoms with Crippen LogP contribution in [-0.4, -0.2) is 38.6 Å². The van der Waals surface area contributed by atoms with E-state index in [0.717, 1.165) is 35.8 Å². The maximum atomic E-state index is 12.5. The number of carbonyl (C=O) groups excluding carboxylic acids is 1. The van der Waals surface area contributed by atoms with Crippen LogP contribution in [0.5, 0.6) is 0 Å². The lowest BCUT2D eigenvalue weighted by Crippen LogP contribution is -2.41. The van der Waals surface area contributed by atoms with Crippen molar-refractivity contribution in [2.45, 2.75) is 32.6 Å². The number of nitrogens with one attached hydrogen (secondary N) is 2. The molecule has 1 fully saturated rings. The molecule has 1 unspecified atom stereocenters. The third-order valence-electron chi connectivity index (χ3n) is 4.05. The van der Waals surface area contributed by atoms with Crippen LogP contribution in [0.1, 0.15) is 41.4 Å². The zero-order valence-corrected chi connectivity index (χ0v) is 13.9. The van der Waals surface area contributed by atoms with Gasteiger partial charge < -0.3 is 4.90 Å². The van der Waals surface area contributed by atoms with Gasteiger partial charge in [0.15, 0.2) is 0 Å². The molecule has 2 amide bonds. The number of aromatic amines is 1. The Hall–Kier alpha value is -2.40. The van der Waals surface area contributed by atoms with E-state index in [9.17, 15) is 4.79 Å². The number of urea groups is 1. The Kier molecular flexibility index (Phi) is 4.30. The third-order valence-corrected chi connectivity index (χ3v) is 4.90. The normalized spacial score (nSPS) is 17.8. The number of nitriles is 1. The van der Waals surface area contributed by atoms with Gasteiger partial charge in [-0.15, -0.1) is 0 Å². The van der Waals surface area contributed by atoms with Crippen molar-refractivity contribution in [1.82, 2.24) is 19.5 Å². The van der Waals surface area contributed by atoms with Crippen molar-refractivity contribution in [3.05, 3.63) is 28.7 Å². The van der Waals surface area contributed by atoms with Crippen LogP contribution in [0.4, 0.5) is 9.80 Å². The summed E-state index contributed by atoms with van der Waals surface area (Å²) in [6, 6.07) is 3.95. The number of carbonyl (C=O) groups is 1. The van der Waals surface area contributed by atoms with Gasteiger partial charge in [-0.25, -0.2) is 4.79 Å². The molecule has 1 aliphatic heterocycles. The van der Waals surface area contributed by atoms with Crippen LogP contribution >= 0.6 is 11.5 Å². The van der Waals surface area contributed by atoms with E-state index in [2.05, 4.69) is 26.0 Å². The molecule has 120 valence electrons. The molecule has 0 aliphatic carbocycles. The molecular formula is C15H18N6OS. The summed E-state index contributed by atoms with van der Waals surface area (Å²) in [5.74, 6) is 0.248. The Morgan fingerprint density at radius 2 is 2.39 bits per heavy atom. The standard InChI is InChI=1S/C15H18N6OS/c1-9-6-13(19-18-9)11-4-3-5-21(8-11)15(22)17-14-12(7-16)10(2)20-23-14/h6,11H,3-5,8H2,1-2H3,(H,17,22)(H,18,19). The first-order valence-electron chi connectivity index (χ1n) is 7.52. The van der Waals surface area contributed by atoms with Crippen LogP contribution < -0.4 is 5.32 Å². The molecule has 1 atom stereocenters. The number of amides is 2. The highest BCUT2D eigenvalue weighted by molar-refractivity contribution is 7.10. The maximum absolute atomic E-state index is 12.5. The molecule has 8 heteroatoms. The molecule has 0 bridgehead atoms. The molecule has 0 radical (unpaired) electrons. The number of hydrogen-bond acceptors (Lipinski definition) is 5. The smallest absolute Gasteiger partial charge is 0.322 e. The Labute approximate surface area is 138 Å². The summed E-state index contributed by atoms with van der Waals surface area (Å²) in [5.41, 5.74) is 3.13. The lowest BCUT2D eigenvalue weighted by atomic mass is 9.95. The lowest BCUT2D eigenvalue weighted by Gasteiger charge is -2.31. The van der Waals surface area contributed by atoms with Gasteiger partial charge in [0, 0.05) is 24.7 Å². The second kappa shape index (κ2) is 6.38. The third kappa shape index (κ3) is 3.19. The number of anilines is 1. The minimum Gasteiger partial charge on any atom is -0.324 e. The van der Waals surface area contributed by atoms with Crippen molar-refractivity contribution in [2.24, 2.45) is 0 Å². The number of rotatable bonds is 2. The summed E-state index contributed by atoms with van der Waals surface area (Å²) in [7, 11) is 0. The quantitative estimate of drug-likeness (QED) is 0.884. The molecule has 0 aromatic carbocycles. The minimum atomic E-state index is -0.179. The van der Waals surface area contributed by atoms with E-state index in [1.807, 2.05) is 13.0 Å². The average Bonchev–Trinajstić information content (AvgIpc) is 3.13. The lowest BCUT2D eigenvalue weighted by molar-refractivity contribution is 0.192. The fraction of sp³-hybridized carbons (Fsp3) is 0.467. The molecule has 2 N–H and O–H groups in total. The molecule has 0 saturated carbocycles. The van der Waals surface area contributed by atoms with E-state index in [-0.39, 0.29) is 11.9 Å². The predicted molar refractivity (Wildman–Crippen MR) is 87.5 cm³/mol. The van der Waals surface area contributed by atoms with Gasteiger partial charge in [0.1, 0.15) is 16.6 Å². The zero-order valence-electron chi connectivity index (χ0n) is 13.1. The van der Waals surface area contributed by atoms with Crippen LogP contribution in [0.3, 0.4) is 0 Å². The van der Waals surface area contributed by atoms with Crippen LogP contribution in [0.25, 0.3) is 0 Å². The Morgan fingerprint density at radius 3 is 3.09 bits per heavy atom. The van der Waals surface area contributed by atoms with Gasteiger partial charge in [-0.3, -0.25) is 10.4 Å². The summed E-state index contributed by atoms with van der Waals surface area (Å²) in [4.78, 5) is 14.3. The van der Waals surface area contributed by atoms with E-state index in [0.29, 0.717) is 29.3 Å². The summed E-state index contributed by atoms with van der Waals surface area (Å²) < 4.78 is 4.12. The number of aromatic nitrogens is 3. The highest BCUT2D eigenvalue weighted by Gasteiger charge is 2.27. The van der Waals surface area contributed by atoms with Gasteiger partial charge in [0.05, 0.1) is 11.4 Å². The second-order valence-electron chi connectivity index (χ2n) is 5.78. The molecule has 1 aliphatic rings. The van der Waals surface area contributed by atoms with Gasteiger partial charge >= 0.3 is 6.03 Å². The fourth-order valence-electron chi connectivity index (χ4n) is 2.81. The Bertz CT molecular complexity index is 758. The monoisotopic (exact) mass is 330 g/mol. The van der Waals surface area contributed by atoms with Gasteiger partial charge in [0.2, 0.25) is 0 Å². The molecule has 3 heterocycles. The number of H-pyrrole nitrogens is 1. The summed E-state index contributed by atoms with van der Waals surface area (Å²) >= 11 is 1.15. The van der Waals surface area contributed by atoms with Crippen molar-refractivity contribution >= 4 is 22.6 Å². The van der Waals surface area contributed by atoms with Gasteiger partial charge in [0.25, 0.3) is 0 Å². The minimum absolute atomic E-state index is 0.179. The molecule has 2 aromatic heterocycles. The molecular weight excluding hydrogens is 312 g/mol. The SMILES string of the molecule is Cc1cc(C2CCCN(C(=O)Nc3snc(C)c3C#N)C2)n[nH]1. The van der Waals surface area contributed by atoms with E-state index in [4.69, 9.17) is 5.26 Å². The van der Waals surface area contributed by atoms with Crippen molar-refractivity contribution in [1.29, 1.82) is 5.26 Å². The van der Waals surface area contributed by atoms with Gasteiger partial charge in [-0.05, 0) is 44.3 Å². The van der Waals surface area contributed by atoms with Gasteiger partial charge in [-0.1, -0.05) is 0 Å². The molecule has 3 rings (SSSR count). The van der Waals surface area contributed by atoms with Crippen LogP contribution in [0, 0.1) is 25.2 Å². The molecule has 23 heavy (non-hydrogen) atoms. The first-order chi connectivity index (χ1) is 11.1. The Morgan fingerprint density at radius 1 is 1.57 bits per heavy atom. The molecule has 2 aromatic rings. The van der Waals surface area contributed by atoms with E-state index < -0.39 is 0 Å². The first kappa shape index (κ1) is 15.5. The van der Waals surface area contributed by atoms with Crippen LogP contribution in [0.15, 0.2) is 6.07 Å². The molecule has 0 spiro atoms. The largest absolute Gasteiger partial charge is 0.324 e. The zero-order chi connectivity index (χ0) is 16.4. The number of likely N-dealkylation sites (tertiary alicyclic amines) is 1. The number of hydrogen-bond donors (Lipinski definition) is 2. The fourth-order valence-corrected chi connectivity index (χ4v) is 3.55.